The molecule has 3 heterocycles. The maximum absolute atomic E-state index is 12.8. The summed E-state index contributed by atoms with van der Waals surface area (Å²) in [5.74, 6) is 1.92. The number of aromatic nitrogens is 3. The molecule has 28 heavy (non-hydrogen) atoms. The van der Waals surface area contributed by atoms with E-state index in [0.29, 0.717) is 41.4 Å². The van der Waals surface area contributed by atoms with Crippen LogP contribution in [-0.2, 0) is 4.79 Å². The van der Waals surface area contributed by atoms with E-state index in [1.165, 1.54) is 0 Å². The fourth-order valence-corrected chi connectivity index (χ4v) is 3.74. The second-order valence-corrected chi connectivity index (χ2v) is 8.37. The van der Waals surface area contributed by atoms with Crippen LogP contribution in [0.2, 0.25) is 0 Å². The van der Waals surface area contributed by atoms with Gasteiger partial charge >= 0.3 is 0 Å². The van der Waals surface area contributed by atoms with Gasteiger partial charge in [0, 0.05) is 25.7 Å². The van der Waals surface area contributed by atoms with E-state index < -0.39 is 0 Å². The van der Waals surface area contributed by atoms with Crippen molar-refractivity contribution in [1.29, 1.82) is 0 Å². The molecule has 0 aliphatic carbocycles. The summed E-state index contributed by atoms with van der Waals surface area (Å²) < 4.78 is 1.73. The number of likely N-dealkylation sites (tertiary alicyclic amines) is 1. The standard InChI is InChI=1S/C21H29N5O2/c1-14(2)7-20(27)24-17-5-6-19(22-9-17)26-12-18(23-13-26)21(28)25-10-15(3)8-16(4)11-25/h5-6,9,12-16H,7-8,10-11H2,1-4H3,(H,24,27)/t15-,16-/m0/s1. The molecule has 0 spiro atoms. The van der Waals surface area contributed by atoms with Gasteiger partial charge in [-0.3, -0.25) is 14.2 Å². The van der Waals surface area contributed by atoms with Crippen molar-refractivity contribution < 1.29 is 9.59 Å². The van der Waals surface area contributed by atoms with Crippen molar-refractivity contribution in [3.63, 3.8) is 0 Å². The zero-order chi connectivity index (χ0) is 20.3. The third kappa shape index (κ3) is 4.97. The van der Waals surface area contributed by atoms with E-state index >= 15 is 0 Å². The number of pyridine rings is 1. The molecule has 3 rings (SSSR count). The van der Waals surface area contributed by atoms with Crippen LogP contribution in [-0.4, -0.2) is 44.3 Å². The van der Waals surface area contributed by atoms with Gasteiger partial charge in [-0.2, -0.15) is 0 Å². The number of nitrogens with zero attached hydrogens (tertiary/aromatic N) is 4. The Labute approximate surface area is 166 Å². The van der Waals surface area contributed by atoms with Gasteiger partial charge in [0.15, 0.2) is 0 Å². The Balaban J connectivity index is 1.66. The van der Waals surface area contributed by atoms with Gasteiger partial charge in [-0.25, -0.2) is 9.97 Å². The van der Waals surface area contributed by atoms with Crippen molar-refractivity contribution in [2.24, 2.45) is 17.8 Å². The predicted molar refractivity (Wildman–Crippen MR) is 108 cm³/mol. The molecule has 0 unspecified atom stereocenters. The van der Waals surface area contributed by atoms with Crippen LogP contribution in [0, 0.1) is 17.8 Å². The topological polar surface area (TPSA) is 80.1 Å². The summed E-state index contributed by atoms with van der Waals surface area (Å²) in [5.41, 5.74) is 1.08. The first-order valence-electron chi connectivity index (χ1n) is 9.91. The Kier molecular flexibility index (Phi) is 6.11. The second kappa shape index (κ2) is 8.54. The number of nitrogens with one attached hydrogen (secondary N) is 1. The number of anilines is 1. The average molecular weight is 383 g/mol. The summed E-state index contributed by atoms with van der Waals surface area (Å²) in [6.07, 6.45) is 6.56. The molecule has 2 aromatic heterocycles. The molecule has 1 aliphatic rings. The van der Waals surface area contributed by atoms with Crippen LogP contribution in [0.4, 0.5) is 5.69 Å². The number of carbonyl (C=O) groups excluding carboxylic acids is 2. The van der Waals surface area contributed by atoms with Crippen LogP contribution in [0.3, 0.4) is 0 Å². The Morgan fingerprint density at radius 3 is 2.50 bits per heavy atom. The van der Waals surface area contributed by atoms with Gasteiger partial charge in [-0.1, -0.05) is 27.7 Å². The van der Waals surface area contributed by atoms with Crippen LogP contribution >= 0.6 is 0 Å². The number of hydrogen-bond acceptors (Lipinski definition) is 4. The first-order chi connectivity index (χ1) is 13.3. The highest BCUT2D eigenvalue weighted by Crippen LogP contribution is 2.22. The number of imidazole rings is 1. The summed E-state index contributed by atoms with van der Waals surface area (Å²) in [7, 11) is 0. The maximum atomic E-state index is 12.8. The number of rotatable bonds is 5. The maximum Gasteiger partial charge on any atom is 0.274 e. The second-order valence-electron chi connectivity index (χ2n) is 8.37. The van der Waals surface area contributed by atoms with Gasteiger partial charge in [-0.15, -0.1) is 0 Å². The molecule has 7 heteroatoms. The number of piperidine rings is 1. The van der Waals surface area contributed by atoms with Crippen molar-refractivity contribution >= 4 is 17.5 Å². The fourth-order valence-electron chi connectivity index (χ4n) is 3.74. The highest BCUT2D eigenvalue weighted by atomic mass is 16.2. The van der Waals surface area contributed by atoms with E-state index in [0.717, 1.165) is 19.5 Å². The van der Waals surface area contributed by atoms with Crippen LogP contribution in [0.15, 0.2) is 30.9 Å². The van der Waals surface area contributed by atoms with Gasteiger partial charge in [0.2, 0.25) is 5.91 Å². The van der Waals surface area contributed by atoms with Crippen LogP contribution in [0.25, 0.3) is 5.82 Å². The minimum absolute atomic E-state index is 0.0231. The normalized spacial score (nSPS) is 19.7. The lowest BCUT2D eigenvalue weighted by molar-refractivity contribution is -0.116. The predicted octanol–water partition coefficient (Wildman–Crippen LogP) is 3.37. The molecule has 1 aliphatic heterocycles. The molecule has 0 radical (unpaired) electrons. The van der Waals surface area contributed by atoms with Gasteiger partial charge in [0.25, 0.3) is 5.91 Å². The highest BCUT2D eigenvalue weighted by molar-refractivity contribution is 5.92. The number of amides is 2. The largest absolute Gasteiger partial charge is 0.337 e. The SMILES string of the molecule is CC(C)CC(=O)Nc1ccc(-n2cnc(C(=O)N3C[C@@H](C)C[C@H](C)C3)c2)nc1. The fraction of sp³-hybridized carbons (Fsp3) is 0.524. The van der Waals surface area contributed by atoms with Gasteiger partial charge < -0.3 is 10.2 Å². The lowest BCUT2D eigenvalue weighted by Crippen LogP contribution is -2.42. The Morgan fingerprint density at radius 1 is 1.18 bits per heavy atom. The minimum atomic E-state index is -0.0327. The molecule has 1 saturated heterocycles. The summed E-state index contributed by atoms with van der Waals surface area (Å²) in [6, 6.07) is 3.60. The number of hydrogen-bond donors (Lipinski definition) is 1. The zero-order valence-corrected chi connectivity index (χ0v) is 17.1. The van der Waals surface area contributed by atoms with Crippen LogP contribution in [0.5, 0.6) is 0 Å². The first kappa shape index (κ1) is 20.0. The number of carbonyl (C=O) groups is 2. The molecule has 2 atom stereocenters. The average Bonchev–Trinajstić information content (AvgIpc) is 3.10. The zero-order valence-electron chi connectivity index (χ0n) is 17.1. The van der Waals surface area contributed by atoms with Gasteiger partial charge in [-0.05, 0) is 36.3 Å². The Bertz CT molecular complexity index is 818. The molecule has 0 aromatic carbocycles. The molecular formula is C21H29N5O2. The molecule has 2 amide bonds. The molecule has 7 nitrogen and oxygen atoms in total. The third-order valence-corrected chi connectivity index (χ3v) is 4.85. The van der Waals surface area contributed by atoms with Gasteiger partial charge in [0.1, 0.15) is 17.8 Å². The first-order valence-corrected chi connectivity index (χ1v) is 9.91. The summed E-state index contributed by atoms with van der Waals surface area (Å²) in [5, 5.41) is 2.84. The molecule has 1 fully saturated rings. The van der Waals surface area contributed by atoms with E-state index in [1.807, 2.05) is 18.7 Å². The molecule has 2 aromatic rings. The monoisotopic (exact) mass is 383 g/mol. The van der Waals surface area contributed by atoms with E-state index in [2.05, 4.69) is 29.1 Å². The van der Waals surface area contributed by atoms with Crippen molar-refractivity contribution in [3.05, 3.63) is 36.5 Å². The molecular weight excluding hydrogens is 354 g/mol. The van der Waals surface area contributed by atoms with Crippen LogP contribution < -0.4 is 5.32 Å². The molecule has 150 valence electrons. The van der Waals surface area contributed by atoms with E-state index in [4.69, 9.17) is 0 Å². The summed E-state index contributed by atoms with van der Waals surface area (Å²) in [6.45, 7) is 9.92. The van der Waals surface area contributed by atoms with Crippen LogP contribution in [0.1, 0.15) is 51.0 Å². The van der Waals surface area contributed by atoms with Crippen molar-refractivity contribution in [1.82, 2.24) is 19.4 Å². The lowest BCUT2D eigenvalue weighted by atomic mass is 9.92. The minimum Gasteiger partial charge on any atom is -0.337 e. The van der Waals surface area contributed by atoms with E-state index in [9.17, 15) is 9.59 Å². The third-order valence-electron chi connectivity index (χ3n) is 4.85. The van der Waals surface area contributed by atoms with E-state index in [1.54, 1.807) is 35.4 Å². The van der Waals surface area contributed by atoms with Crippen molar-refractivity contribution in [2.45, 2.75) is 40.5 Å². The van der Waals surface area contributed by atoms with Gasteiger partial charge in [0.05, 0.1) is 11.9 Å². The molecule has 0 bridgehead atoms. The highest BCUT2D eigenvalue weighted by Gasteiger charge is 2.27. The van der Waals surface area contributed by atoms with E-state index in [-0.39, 0.29) is 11.8 Å². The van der Waals surface area contributed by atoms with Crippen molar-refractivity contribution in [3.8, 4) is 5.82 Å². The summed E-state index contributed by atoms with van der Waals surface area (Å²) in [4.78, 5) is 35.2. The van der Waals surface area contributed by atoms with Crippen molar-refractivity contribution in [2.75, 3.05) is 18.4 Å². The Morgan fingerprint density at radius 2 is 1.89 bits per heavy atom. The Hall–Kier alpha value is -2.70. The quantitative estimate of drug-likeness (QED) is 0.858. The smallest absolute Gasteiger partial charge is 0.274 e. The summed E-state index contributed by atoms with van der Waals surface area (Å²) >= 11 is 0. The lowest BCUT2D eigenvalue weighted by Gasteiger charge is -2.34. The molecule has 0 saturated carbocycles. The molecule has 1 N–H and O–H groups in total.